The highest BCUT2D eigenvalue weighted by Gasteiger charge is 2.31. The molecule has 9 heteroatoms. The minimum atomic E-state index is -0.253. The molecule has 0 spiro atoms. The molecule has 0 saturated carbocycles. The Bertz CT molecular complexity index is 1120. The molecule has 7 nitrogen and oxygen atoms in total. The molecule has 154 valence electrons. The average Bonchev–Trinajstić information content (AvgIpc) is 2.75. The summed E-state index contributed by atoms with van der Waals surface area (Å²) < 4.78 is 1.40. The van der Waals surface area contributed by atoms with Gasteiger partial charge in [-0.05, 0) is 62.4 Å². The third-order valence-corrected chi connectivity index (χ3v) is 6.56. The van der Waals surface area contributed by atoms with Crippen molar-refractivity contribution in [2.24, 2.45) is 5.92 Å². The number of aromatic nitrogens is 3. The first-order chi connectivity index (χ1) is 14.4. The highest BCUT2D eigenvalue weighted by atomic mass is 79.9. The number of amides is 2. The highest BCUT2D eigenvalue weighted by molar-refractivity contribution is 9.11. The number of fused-ring (bicyclic) bond motifs is 1. The fourth-order valence-corrected chi connectivity index (χ4v) is 4.39. The number of nitrogens with one attached hydrogen (secondary N) is 1. The van der Waals surface area contributed by atoms with Gasteiger partial charge in [0.1, 0.15) is 5.69 Å². The molecule has 1 aliphatic heterocycles. The SMILES string of the molecule is CC1CCN(C(=O)c2ccncc2Br)CC1NC(=O)c1ccc2cncc(Br)c2n1. The zero-order valence-electron chi connectivity index (χ0n) is 16.2. The van der Waals surface area contributed by atoms with Crippen LogP contribution in [-0.4, -0.2) is 50.8 Å². The van der Waals surface area contributed by atoms with Gasteiger partial charge in [0.05, 0.1) is 15.6 Å². The molecule has 3 aromatic rings. The quantitative estimate of drug-likeness (QED) is 0.553. The Morgan fingerprint density at radius 2 is 1.90 bits per heavy atom. The highest BCUT2D eigenvalue weighted by Crippen LogP contribution is 2.23. The van der Waals surface area contributed by atoms with Crippen LogP contribution < -0.4 is 5.32 Å². The maximum Gasteiger partial charge on any atom is 0.270 e. The van der Waals surface area contributed by atoms with Gasteiger partial charge >= 0.3 is 0 Å². The van der Waals surface area contributed by atoms with E-state index in [2.05, 4.69) is 59.1 Å². The second-order valence-electron chi connectivity index (χ2n) is 7.34. The van der Waals surface area contributed by atoms with Gasteiger partial charge in [-0.2, -0.15) is 0 Å². The van der Waals surface area contributed by atoms with E-state index in [0.717, 1.165) is 16.3 Å². The normalized spacial score (nSPS) is 19.0. The summed E-state index contributed by atoms with van der Waals surface area (Å²) in [6, 6.07) is 5.06. The molecule has 0 bridgehead atoms. The molecule has 0 radical (unpaired) electrons. The summed E-state index contributed by atoms with van der Waals surface area (Å²) in [5.74, 6) is -0.0807. The zero-order valence-corrected chi connectivity index (χ0v) is 19.4. The molecule has 1 saturated heterocycles. The van der Waals surface area contributed by atoms with Crippen molar-refractivity contribution < 1.29 is 9.59 Å². The van der Waals surface area contributed by atoms with Gasteiger partial charge in [-0.15, -0.1) is 0 Å². The predicted molar refractivity (Wildman–Crippen MR) is 120 cm³/mol. The smallest absolute Gasteiger partial charge is 0.270 e. The Balaban J connectivity index is 1.50. The first-order valence-corrected chi connectivity index (χ1v) is 11.1. The molecular formula is C21H19Br2N5O2. The van der Waals surface area contributed by atoms with E-state index in [1.807, 2.05) is 6.07 Å². The summed E-state index contributed by atoms with van der Waals surface area (Å²) in [5, 5.41) is 3.92. The van der Waals surface area contributed by atoms with Crippen molar-refractivity contribution in [3.05, 3.63) is 63.2 Å². The number of carbonyl (C=O) groups excluding carboxylic acids is 2. The zero-order chi connectivity index (χ0) is 21.3. The van der Waals surface area contributed by atoms with Gasteiger partial charge in [0.2, 0.25) is 0 Å². The lowest BCUT2D eigenvalue weighted by Gasteiger charge is -2.37. The van der Waals surface area contributed by atoms with Crippen LogP contribution in [0.2, 0.25) is 0 Å². The molecule has 4 heterocycles. The van der Waals surface area contributed by atoms with Gasteiger partial charge in [-0.1, -0.05) is 6.92 Å². The van der Waals surface area contributed by atoms with Crippen LogP contribution in [0.4, 0.5) is 0 Å². The third kappa shape index (κ3) is 4.22. The van der Waals surface area contributed by atoms with Crippen LogP contribution in [0, 0.1) is 5.92 Å². The van der Waals surface area contributed by atoms with Crippen LogP contribution in [0.25, 0.3) is 10.9 Å². The molecule has 30 heavy (non-hydrogen) atoms. The molecule has 0 aliphatic carbocycles. The Kier molecular flexibility index (Phi) is 6.10. The van der Waals surface area contributed by atoms with E-state index < -0.39 is 0 Å². The molecule has 3 aromatic heterocycles. The number of rotatable bonds is 3. The second kappa shape index (κ2) is 8.77. The topological polar surface area (TPSA) is 88.1 Å². The first-order valence-electron chi connectivity index (χ1n) is 9.54. The van der Waals surface area contributed by atoms with Gasteiger partial charge in [-0.3, -0.25) is 19.6 Å². The van der Waals surface area contributed by atoms with E-state index in [1.165, 1.54) is 0 Å². The Morgan fingerprint density at radius 1 is 1.10 bits per heavy atom. The van der Waals surface area contributed by atoms with Gasteiger partial charge in [-0.25, -0.2) is 4.98 Å². The number of hydrogen-bond donors (Lipinski definition) is 1. The number of carbonyl (C=O) groups is 2. The number of piperidine rings is 1. The minimum absolute atomic E-state index is 0.0734. The summed E-state index contributed by atoms with van der Waals surface area (Å²) in [6.45, 7) is 3.18. The summed E-state index contributed by atoms with van der Waals surface area (Å²) in [6.07, 6.45) is 7.38. The van der Waals surface area contributed by atoms with E-state index in [9.17, 15) is 9.59 Å². The Labute approximate surface area is 190 Å². The summed E-state index contributed by atoms with van der Waals surface area (Å²) in [4.78, 5) is 40.2. The van der Waals surface area contributed by atoms with Crippen molar-refractivity contribution in [1.82, 2.24) is 25.2 Å². The monoisotopic (exact) mass is 531 g/mol. The van der Waals surface area contributed by atoms with E-state index in [1.54, 1.807) is 41.8 Å². The molecule has 1 N–H and O–H groups in total. The predicted octanol–water partition coefficient (Wildman–Crippen LogP) is 3.83. The van der Waals surface area contributed by atoms with E-state index >= 15 is 0 Å². The van der Waals surface area contributed by atoms with Gasteiger partial charge in [0.25, 0.3) is 11.8 Å². The van der Waals surface area contributed by atoms with E-state index in [0.29, 0.717) is 34.3 Å². The second-order valence-corrected chi connectivity index (χ2v) is 9.05. The first kappa shape index (κ1) is 20.9. The molecule has 4 rings (SSSR count). The minimum Gasteiger partial charge on any atom is -0.346 e. The lowest BCUT2D eigenvalue weighted by Crippen LogP contribution is -2.53. The van der Waals surface area contributed by atoms with Crippen LogP contribution in [0.15, 0.2) is 51.9 Å². The third-order valence-electron chi connectivity index (χ3n) is 5.35. The summed E-state index contributed by atoms with van der Waals surface area (Å²) in [5.41, 5.74) is 1.59. The molecular weight excluding hydrogens is 514 g/mol. The molecule has 0 aromatic carbocycles. The van der Waals surface area contributed by atoms with E-state index in [4.69, 9.17) is 0 Å². The number of hydrogen-bond acceptors (Lipinski definition) is 5. The number of halogens is 2. The van der Waals surface area contributed by atoms with Crippen LogP contribution >= 0.6 is 31.9 Å². The number of likely N-dealkylation sites (tertiary alicyclic amines) is 1. The van der Waals surface area contributed by atoms with Crippen molar-refractivity contribution >= 4 is 54.6 Å². The largest absolute Gasteiger partial charge is 0.346 e. The standard InChI is InChI=1S/C21H19Br2N5O2/c1-12-5-7-28(21(30)14-4-6-24-9-15(14)22)11-18(12)27-20(29)17-3-2-13-8-25-10-16(23)19(13)26-17/h2-4,6,8-10,12,18H,5,7,11H2,1H3,(H,27,29). The van der Waals surface area contributed by atoms with Crippen molar-refractivity contribution in [2.45, 2.75) is 19.4 Å². The van der Waals surface area contributed by atoms with Crippen molar-refractivity contribution in [1.29, 1.82) is 0 Å². The van der Waals surface area contributed by atoms with Crippen molar-refractivity contribution in [3.63, 3.8) is 0 Å². The fourth-order valence-electron chi connectivity index (χ4n) is 3.54. The van der Waals surface area contributed by atoms with Crippen molar-refractivity contribution in [2.75, 3.05) is 13.1 Å². The maximum absolute atomic E-state index is 12.9. The number of nitrogens with zero attached hydrogens (tertiary/aromatic N) is 4. The average molecular weight is 533 g/mol. The molecule has 2 atom stereocenters. The molecule has 1 aliphatic rings. The van der Waals surface area contributed by atoms with Crippen LogP contribution in [0.3, 0.4) is 0 Å². The fraction of sp³-hybridized carbons (Fsp3) is 0.286. The summed E-state index contributed by atoms with van der Waals surface area (Å²) >= 11 is 6.82. The van der Waals surface area contributed by atoms with Crippen LogP contribution in [0.1, 0.15) is 34.2 Å². The van der Waals surface area contributed by atoms with Crippen LogP contribution in [-0.2, 0) is 0 Å². The van der Waals surface area contributed by atoms with Gasteiger partial charge < -0.3 is 10.2 Å². The Hall–Kier alpha value is -2.39. The lowest BCUT2D eigenvalue weighted by molar-refractivity contribution is 0.0623. The molecule has 1 fully saturated rings. The number of pyridine rings is 3. The lowest BCUT2D eigenvalue weighted by atomic mass is 9.93. The van der Waals surface area contributed by atoms with Gasteiger partial charge in [0.15, 0.2) is 0 Å². The van der Waals surface area contributed by atoms with Crippen LogP contribution in [0.5, 0.6) is 0 Å². The van der Waals surface area contributed by atoms with Gasteiger partial charge in [0, 0.05) is 53.8 Å². The summed E-state index contributed by atoms with van der Waals surface area (Å²) in [7, 11) is 0. The van der Waals surface area contributed by atoms with E-state index in [-0.39, 0.29) is 23.8 Å². The molecule has 2 amide bonds. The van der Waals surface area contributed by atoms with Crippen molar-refractivity contribution in [3.8, 4) is 0 Å². The molecule has 2 unspecified atom stereocenters. The maximum atomic E-state index is 12.9. The Morgan fingerprint density at radius 3 is 2.70 bits per heavy atom.